The molecule has 0 radical (unpaired) electrons. The lowest BCUT2D eigenvalue weighted by atomic mass is 10.1. The molecule has 1 fully saturated rings. The van der Waals surface area contributed by atoms with Crippen LogP contribution in [-0.2, 0) is 6.42 Å². The van der Waals surface area contributed by atoms with Crippen LogP contribution in [0.5, 0.6) is 0 Å². The molecular weight excluding hydrogens is 502 g/mol. The zero-order chi connectivity index (χ0) is 24.7. The molecule has 1 amide bonds. The monoisotopic (exact) mass is 526 g/mol. The Kier molecular flexibility index (Phi) is 9.44. The molecule has 182 valence electrons. The molecule has 2 unspecified atom stereocenters. The number of hydrogen-bond acceptors (Lipinski definition) is 6. The van der Waals surface area contributed by atoms with E-state index in [9.17, 15) is 18.7 Å². The van der Waals surface area contributed by atoms with Crippen molar-refractivity contribution in [2.24, 2.45) is 5.92 Å². The maximum Gasteiger partial charge on any atom is 0.255 e. The third-order valence-electron chi connectivity index (χ3n) is 5.52. The quantitative estimate of drug-likeness (QED) is 0.274. The molecule has 1 aliphatic rings. The first kappa shape index (κ1) is 26.6. The number of anilines is 1. The van der Waals surface area contributed by atoms with Crippen molar-refractivity contribution < 1.29 is 23.2 Å². The fourth-order valence-corrected chi connectivity index (χ4v) is 4.79. The molecule has 0 spiro atoms. The fraction of sp³-hybridized carbons (Fsp3) is 0.333. The molecule has 1 aliphatic carbocycles. The molecule has 2 atom stereocenters. The van der Waals surface area contributed by atoms with Crippen LogP contribution < -0.4 is 5.32 Å². The summed E-state index contributed by atoms with van der Waals surface area (Å²) in [5, 5.41) is 15.9. The lowest BCUT2D eigenvalue weighted by molar-refractivity contribution is 0.102. The summed E-state index contributed by atoms with van der Waals surface area (Å²) in [6.45, 7) is 2.20. The maximum atomic E-state index is 13.0. The zero-order valence-electron chi connectivity index (χ0n) is 18.4. The van der Waals surface area contributed by atoms with Gasteiger partial charge in [-0.25, -0.2) is 13.8 Å². The van der Waals surface area contributed by atoms with Crippen LogP contribution in [0.15, 0.2) is 52.9 Å². The number of aliphatic hydroxyl groups is 1. The Morgan fingerprint density at radius 1 is 1.29 bits per heavy atom. The van der Waals surface area contributed by atoms with Gasteiger partial charge in [0.25, 0.3) is 5.91 Å². The van der Waals surface area contributed by atoms with Crippen LogP contribution >= 0.6 is 35.0 Å². The van der Waals surface area contributed by atoms with Gasteiger partial charge >= 0.3 is 0 Å². The van der Waals surface area contributed by atoms with Crippen molar-refractivity contribution in [3.05, 3.63) is 75.2 Å². The molecule has 2 aromatic carbocycles. The Morgan fingerprint density at radius 3 is 2.74 bits per heavy atom. The third-order valence-corrected chi connectivity index (χ3v) is 7.27. The summed E-state index contributed by atoms with van der Waals surface area (Å²) in [6, 6.07) is 7.35. The van der Waals surface area contributed by atoms with E-state index < -0.39 is 23.1 Å². The highest BCUT2D eigenvalue weighted by Gasteiger charge is 2.52. The van der Waals surface area contributed by atoms with Gasteiger partial charge < -0.3 is 15.0 Å². The lowest BCUT2D eigenvalue weighted by Gasteiger charge is -2.07. The SMILES string of the molecule is CCCCC1CC1(O)Cc1nccs1.O=C(Nc1ccc(F)c(F)c1)c1ccc(Cl)c(SO)c1. The summed E-state index contributed by atoms with van der Waals surface area (Å²) in [4.78, 5) is 16.5. The van der Waals surface area contributed by atoms with E-state index in [1.165, 1.54) is 43.5 Å². The van der Waals surface area contributed by atoms with Crippen LogP contribution in [0.1, 0.15) is 48.0 Å². The summed E-state index contributed by atoms with van der Waals surface area (Å²) in [6.07, 6.45) is 7.20. The summed E-state index contributed by atoms with van der Waals surface area (Å²) in [5.41, 5.74) is -0.0507. The molecule has 3 aromatic rings. The van der Waals surface area contributed by atoms with Gasteiger partial charge in [-0.15, -0.1) is 11.3 Å². The molecule has 0 aliphatic heterocycles. The number of amides is 1. The van der Waals surface area contributed by atoms with Crippen LogP contribution in [0, 0.1) is 17.6 Å². The number of unbranched alkanes of at least 4 members (excludes halogenated alkanes) is 1. The van der Waals surface area contributed by atoms with E-state index in [0.29, 0.717) is 27.9 Å². The van der Waals surface area contributed by atoms with Gasteiger partial charge in [0.05, 0.1) is 20.5 Å². The van der Waals surface area contributed by atoms with Gasteiger partial charge in [-0.3, -0.25) is 4.79 Å². The van der Waals surface area contributed by atoms with Crippen molar-refractivity contribution in [2.45, 2.75) is 49.5 Å². The smallest absolute Gasteiger partial charge is 0.255 e. The van der Waals surface area contributed by atoms with Crippen molar-refractivity contribution in [3.8, 4) is 0 Å². The number of halogens is 3. The van der Waals surface area contributed by atoms with E-state index in [-0.39, 0.29) is 11.3 Å². The summed E-state index contributed by atoms with van der Waals surface area (Å²) >= 11 is 7.86. The molecule has 10 heteroatoms. The molecule has 0 saturated heterocycles. The number of thiazole rings is 1. The predicted octanol–water partition coefficient (Wildman–Crippen LogP) is 7.06. The normalized spacial score (nSPS) is 18.7. The van der Waals surface area contributed by atoms with Gasteiger partial charge in [0.2, 0.25) is 0 Å². The topological polar surface area (TPSA) is 82.5 Å². The Bertz CT molecular complexity index is 1120. The second-order valence-corrected chi connectivity index (χ2v) is 10.1. The first-order valence-electron chi connectivity index (χ1n) is 10.7. The molecule has 1 saturated carbocycles. The minimum absolute atomic E-state index is 0.127. The summed E-state index contributed by atoms with van der Waals surface area (Å²) in [7, 11) is 0. The highest BCUT2D eigenvalue weighted by atomic mass is 35.5. The predicted molar refractivity (Wildman–Crippen MR) is 133 cm³/mol. The molecule has 3 N–H and O–H groups in total. The Hall–Kier alpha value is -2.04. The Balaban J connectivity index is 0.000000202. The van der Waals surface area contributed by atoms with Crippen LogP contribution in [0.3, 0.4) is 0 Å². The largest absolute Gasteiger partial charge is 0.389 e. The van der Waals surface area contributed by atoms with Crippen molar-refractivity contribution in [1.82, 2.24) is 4.98 Å². The van der Waals surface area contributed by atoms with Gasteiger partial charge in [0, 0.05) is 47.4 Å². The van der Waals surface area contributed by atoms with Crippen molar-refractivity contribution in [3.63, 3.8) is 0 Å². The minimum atomic E-state index is -1.05. The second-order valence-electron chi connectivity index (χ2n) is 8.07. The van der Waals surface area contributed by atoms with Gasteiger partial charge in [-0.2, -0.15) is 0 Å². The second kappa shape index (κ2) is 12.1. The first-order valence-corrected chi connectivity index (χ1v) is 12.8. The number of benzene rings is 2. The van der Waals surface area contributed by atoms with E-state index in [0.717, 1.165) is 30.0 Å². The average molecular weight is 527 g/mol. The van der Waals surface area contributed by atoms with Crippen LogP contribution in [0.25, 0.3) is 0 Å². The van der Waals surface area contributed by atoms with E-state index in [1.54, 1.807) is 11.3 Å². The molecule has 1 aromatic heterocycles. The highest BCUT2D eigenvalue weighted by Crippen LogP contribution is 2.48. The molecule has 4 rings (SSSR count). The van der Waals surface area contributed by atoms with E-state index in [1.807, 2.05) is 11.6 Å². The van der Waals surface area contributed by atoms with Crippen LogP contribution in [0.4, 0.5) is 14.5 Å². The van der Waals surface area contributed by atoms with Gasteiger partial charge in [0.1, 0.15) is 0 Å². The standard InChI is InChI=1S/C13H8ClF2NO2S.C11H17NOS/c14-9-3-1-7(5-12(9)20-19)13(18)17-8-2-4-10(15)11(16)6-8;1-2-3-4-9-7-11(9,13)8-10-12-5-6-14-10/h1-6,19H,(H,17,18);5-6,9,13H,2-4,7-8H2,1H3. The number of aromatic nitrogens is 1. The molecule has 5 nitrogen and oxygen atoms in total. The van der Waals surface area contributed by atoms with E-state index >= 15 is 0 Å². The summed E-state index contributed by atoms with van der Waals surface area (Å²) in [5.74, 6) is -2.03. The van der Waals surface area contributed by atoms with Crippen molar-refractivity contribution in [2.75, 3.05) is 5.32 Å². The lowest BCUT2D eigenvalue weighted by Crippen LogP contribution is -2.14. The van der Waals surface area contributed by atoms with E-state index in [4.69, 9.17) is 16.2 Å². The van der Waals surface area contributed by atoms with E-state index in [2.05, 4.69) is 17.2 Å². The van der Waals surface area contributed by atoms with Crippen molar-refractivity contribution >= 4 is 46.6 Å². The van der Waals surface area contributed by atoms with Crippen LogP contribution in [-0.4, -0.2) is 26.2 Å². The molecule has 1 heterocycles. The number of nitrogens with one attached hydrogen (secondary N) is 1. The molecular formula is C24H25ClF2N2O3S2. The minimum Gasteiger partial charge on any atom is -0.389 e. The van der Waals surface area contributed by atoms with Crippen LogP contribution in [0.2, 0.25) is 5.02 Å². The molecule has 0 bridgehead atoms. The Morgan fingerprint density at radius 2 is 2.09 bits per heavy atom. The first-order chi connectivity index (χ1) is 16.3. The number of nitrogens with zero attached hydrogens (tertiary/aromatic N) is 1. The Labute approximate surface area is 210 Å². The van der Waals surface area contributed by atoms with Gasteiger partial charge in [-0.05, 0) is 49.1 Å². The van der Waals surface area contributed by atoms with Gasteiger partial charge in [0.15, 0.2) is 11.6 Å². The maximum absolute atomic E-state index is 13.0. The average Bonchev–Trinajstić information content (AvgIpc) is 3.17. The third kappa shape index (κ3) is 7.23. The molecule has 34 heavy (non-hydrogen) atoms. The number of carbonyl (C=O) groups is 1. The summed E-state index contributed by atoms with van der Waals surface area (Å²) < 4.78 is 34.8. The van der Waals surface area contributed by atoms with Gasteiger partial charge in [-0.1, -0.05) is 31.4 Å². The number of hydrogen-bond donors (Lipinski definition) is 3. The highest BCUT2D eigenvalue weighted by molar-refractivity contribution is 7.93. The number of rotatable bonds is 8. The fourth-order valence-electron chi connectivity index (χ4n) is 3.50. The number of carbonyl (C=O) groups excluding carboxylic acids is 1. The zero-order valence-corrected chi connectivity index (χ0v) is 20.8. The van der Waals surface area contributed by atoms with Crippen molar-refractivity contribution in [1.29, 1.82) is 0 Å².